The van der Waals surface area contributed by atoms with Gasteiger partial charge in [0.05, 0.1) is 22.6 Å². The predicted molar refractivity (Wildman–Crippen MR) is 84.0 cm³/mol. The molecule has 21 heavy (non-hydrogen) atoms. The molecule has 1 saturated carbocycles. The summed E-state index contributed by atoms with van der Waals surface area (Å²) < 4.78 is 26.8. The van der Waals surface area contributed by atoms with Crippen LogP contribution in [0.3, 0.4) is 0 Å². The van der Waals surface area contributed by atoms with Crippen molar-refractivity contribution in [2.24, 2.45) is 0 Å². The van der Waals surface area contributed by atoms with Gasteiger partial charge < -0.3 is 5.32 Å². The van der Waals surface area contributed by atoms with Crippen molar-refractivity contribution in [3.05, 3.63) is 40.3 Å². The number of nitrogens with one attached hydrogen (secondary N) is 2. The summed E-state index contributed by atoms with van der Waals surface area (Å²) in [5.41, 5.74) is 3.75. The van der Waals surface area contributed by atoms with Crippen LogP contribution in [0.2, 0.25) is 0 Å². The molecular weight excluding hydrogens is 306 g/mol. The zero-order valence-electron chi connectivity index (χ0n) is 11.7. The van der Waals surface area contributed by atoms with Crippen LogP contribution in [-0.4, -0.2) is 19.4 Å². The average molecular weight is 323 g/mol. The molecule has 1 heterocycles. The van der Waals surface area contributed by atoms with Gasteiger partial charge in [-0.1, -0.05) is 0 Å². The molecule has 0 saturated heterocycles. The van der Waals surface area contributed by atoms with Gasteiger partial charge in [-0.05, 0) is 44.0 Å². The van der Waals surface area contributed by atoms with Gasteiger partial charge in [0.25, 0.3) is 0 Å². The third-order valence-electron chi connectivity index (χ3n) is 3.36. The molecule has 1 fully saturated rings. The monoisotopic (exact) mass is 323 g/mol. The Hall–Kier alpha value is -1.44. The van der Waals surface area contributed by atoms with E-state index in [4.69, 9.17) is 0 Å². The first-order chi connectivity index (χ1) is 10.0. The fourth-order valence-electron chi connectivity index (χ4n) is 1.92. The Morgan fingerprint density at radius 3 is 2.57 bits per heavy atom. The highest BCUT2D eigenvalue weighted by molar-refractivity contribution is 7.89. The van der Waals surface area contributed by atoms with Crippen LogP contribution in [-0.2, 0) is 16.6 Å². The fourth-order valence-corrected chi connectivity index (χ4v) is 3.94. The van der Waals surface area contributed by atoms with Crippen LogP contribution in [0.25, 0.3) is 0 Å². The van der Waals surface area contributed by atoms with Gasteiger partial charge in [-0.3, -0.25) is 0 Å². The maximum absolute atomic E-state index is 12.0. The van der Waals surface area contributed by atoms with E-state index >= 15 is 0 Å². The zero-order chi connectivity index (χ0) is 14.9. The molecular formula is C14H17N3O2S2. The topological polar surface area (TPSA) is 71.1 Å². The third kappa shape index (κ3) is 3.61. The van der Waals surface area contributed by atoms with E-state index in [1.165, 1.54) is 4.88 Å². The van der Waals surface area contributed by atoms with Gasteiger partial charge in [-0.25, -0.2) is 18.1 Å². The van der Waals surface area contributed by atoms with Crippen LogP contribution in [0, 0.1) is 6.92 Å². The van der Waals surface area contributed by atoms with Gasteiger partial charge in [0, 0.05) is 16.6 Å². The molecule has 1 aliphatic carbocycles. The number of hydrogen-bond donors (Lipinski definition) is 2. The molecule has 2 N–H and O–H groups in total. The molecule has 0 atom stereocenters. The first kappa shape index (κ1) is 14.5. The molecule has 2 aromatic rings. The summed E-state index contributed by atoms with van der Waals surface area (Å²) in [5.74, 6) is 0. The highest BCUT2D eigenvalue weighted by Gasteiger charge is 2.27. The molecule has 0 bridgehead atoms. The molecule has 0 aliphatic heterocycles. The summed E-state index contributed by atoms with van der Waals surface area (Å²) in [7, 11) is -3.36. The maximum atomic E-state index is 12.0. The van der Waals surface area contributed by atoms with E-state index in [2.05, 4.69) is 15.0 Å². The van der Waals surface area contributed by atoms with Crippen molar-refractivity contribution < 1.29 is 8.42 Å². The van der Waals surface area contributed by atoms with Crippen LogP contribution >= 0.6 is 11.3 Å². The minimum absolute atomic E-state index is 0.127. The molecule has 3 rings (SSSR count). The first-order valence-corrected chi connectivity index (χ1v) is 9.16. The summed E-state index contributed by atoms with van der Waals surface area (Å²) in [5, 5.41) is 3.27. The maximum Gasteiger partial charge on any atom is 0.240 e. The number of rotatable bonds is 6. The van der Waals surface area contributed by atoms with Crippen LogP contribution in [0.1, 0.15) is 23.4 Å². The van der Waals surface area contributed by atoms with Gasteiger partial charge in [0.2, 0.25) is 10.0 Å². The van der Waals surface area contributed by atoms with E-state index in [0.717, 1.165) is 24.2 Å². The Morgan fingerprint density at radius 2 is 2.00 bits per heavy atom. The lowest BCUT2D eigenvalue weighted by molar-refractivity contribution is 0.581. The lowest BCUT2D eigenvalue weighted by Crippen LogP contribution is -2.25. The number of sulfonamides is 1. The largest absolute Gasteiger partial charge is 0.380 e. The summed E-state index contributed by atoms with van der Waals surface area (Å²) in [6.45, 7) is 2.68. The molecule has 1 aromatic carbocycles. The quantitative estimate of drug-likeness (QED) is 0.857. The minimum atomic E-state index is -3.36. The van der Waals surface area contributed by atoms with Crippen molar-refractivity contribution >= 4 is 27.0 Å². The standard InChI is InChI=1S/C14H17N3O2S2/c1-10-14(20-9-16-10)8-15-11-4-6-13(7-5-11)21(18,19)17-12-2-3-12/h4-7,9,12,15,17H,2-3,8H2,1H3. The molecule has 1 aromatic heterocycles. The highest BCUT2D eigenvalue weighted by atomic mass is 32.2. The SMILES string of the molecule is Cc1ncsc1CNc1ccc(S(=O)(=O)NC2CC2)cc1. The van der Waals surface area contributed by atoms with Crippen molar-refractivity contribution in [3.63, 3.8) is 0 Å². The van der Waals surface area contributed by atoms with Crippen LogP contribution < -0.4 is 10.0 Å². The van der Waals surface area contributed by atoms with E-state index in [1.807, 2.05) is 12.4 Å². The summed E-state index contributed by atoms with van der Waals surface area (Å²) in [4.78, 5) is 5.70. The van der Waals surface area contributed by atoms with Crippen molar-refractivity contribution in [1.29, 1.82) is 0 Å². The van der Waals surface area contributed by atoms with Crippen LogP contribution in [0.4, 0.5) is 5.69 Å². The summed E-state index contributed by atoms with van der Waals surface area (Å²) in [6.07, 6.45) is 1.88. The second-order valence-corrected chi connectivity index (χ2v) is 7.79. The molecule has 0 radical (unpaired) electrons. The Balaban J connectivity index is 1.65. The normalized spacial score (nSPS) is 15.1. The van der Waals surface area contributed by atoms with Crippen molar-refractivity contribution in [1.82, 2.24) is 9.71 Å². The van der Waals surface area contributed by atoms with Gasteiger partial charge in [-0.2, -0.15) is 0 Å². The molecule has 0 amide bonds. The molecule has 0 unspecified atom stereocenters. The average Bonchev–Trinajstić information content (AvgIpc) is 3.16. The summed E-state index contributed by atoms with van der Waals surface area (Å²) >= 11 is 1.61. The Kier molecular flexibility index (Phi) is 3.97. The predicted octanol–water partition coefficient (Wildman–Crippen LogP) is 2.50. The number of aromatic nitrogens is 1. The second kappa shape index (κ2) is 5.75. The minimum Gasteiger partial charge on any atom is -0.380 e. The second-order valence-electron chi connectivity index (χ2n) is 5.13. The number of anilines is 1. The number of hydrogen-bond acceptors (Lipinski definition) is 5. The molecule has 1 aliphatic rings. The van der Waals surface area contributed by atoms with Gasteiger partial charge in [0.15, 0.2) is 0 Å². The zero-order valence-corrected chi connectivity index (χ0v) is 13.3. The van der Waals surface area contributed by atoms with Crippen LogP contribution in [0.5, 0.6) is 0 Å². The highest BCUT2D eigenvalue weighted by Crippen LogP contribution is 2.23. The van der Waals surface area contributed by atoms with Gasteiger partial charge in [-0.15, -0.1) is 11.3 Å². The van der Waals surface area contributed by atoms with Gasteiger partial charge in [0.1, 0.15) is 0 Å². The lowest BCUT2D eigenvalue weighted by atomic mass is 10.3. The molecule has 5 nitrogen and oxygen atoms in total. The van der Waals surface area contributed by atoms with E-state index in [9.17, 15) is 8.42 Å². The Bertz CT molecular complexity index is 719. The lowest BCUT2D eigenvalue weighted by Gasteiger charge is -2.08. The number of thiazole rings is 1. The molecule has 112 valence electrons. The fraction of sp³-hybridized carbons (Fsp3) is 0.357. The summed E-state index contributed by atoms with van der Waals surface area (Å²) in [6, 6.07) is 6.97. The molecule has 0 spiro atoms. The van der Waals surface area contributed by atoms with E-state index in [1.54, 1.807) is 35.6 Å². The van der Waals surface area contributed by atoms with Crippen molar-refractivity contribution in [2.75, 3.05) is 5.32 Å². The first-order valence-electron chi connectivity index (χ1n) is 6.80. The smallest absolute Gasteiger partial charge is 0.240 e. The van der Waals surface area contributed by atoms with Crippen LogP contribution in [0.15, 0.2) is 34.7 Å². The van der Waals surface area contributed by atoms with Crippen molar-refractivity contribution in [3.8, 4) is 0 Å². The number of aryl methyl sites for hydroxylation is 1. The van der Waals surface area contributed by atoms with E-state index < -0.39 is 10.0 Å². The van der Waals surface area contributed by atoms with Crippen molar-refractivity contribution in [2.45, 2.75) is 37.2 Å². The van der Waals surface area contributed by atoms with Gasteiger partial charge >= 0.3 is 0 Å². The Morgan fingerprint density at radius 1 is 1.29 bits per heavy atom. The Labute approximate surface area is 128 Å². The van der Waals surface area contributed by atoms with E-state index in [-0.39, 0.29) is 6.04 Å². The third-order valence-corrected chi connectivity index (χ3v) is 5.83. The number of nitrogens with zero attached hydrogens (tertiary/aromatic N) is 1. The molecule has 7 heteroatoms. The van der Waals surface area contributed by atoms with E-state index in [0.29, 0.717) is 11.4 Å². The number of benzene rings is 1.